The molecule has 1 aromatic carbocycles. The van der Waals surface area contributed by atoms with E-state index >= 15 is 0 Å². The highest BCUT2D eigenvalue weighted by Gasteiger charge is 2.61. The van der Waals surface area contributed by atoms with Crippen molar-refractivity contribution in [1.82, 2.24) is 9.80 Å². The van der Waals surface area contributed by atoms with E-state index in [0.29, 0.717) is 5.75 Å². The maximum atomic E-state index is 12.5. The molecule has 2 heterocycles. The highest BCUT2D eigenvalue weighted by molar-refractivity contribution is 5.89. The average molecular weight is 344 g/mol. The zero-order chi connectivity index (χ0) is 17.5. The van der Waals surface area contributed by atoms with Gasteiger partial charge in [0.15, 0.2) is 0 Å². The monoisotopic (exact) mass is 344 g/mol. The van der Waals surface area contributed by atoms with Crippen molar-refractivity contribution in [3.8, 4) is 5.75 Å². The summed E-state index contributed by atoms with van der Waals surface area (Å²) in [5, 5.41) is 9.37. The van der Waals surface area contributed by atoms with Gasteiger partial charge in [-0.2, -0.15) is 0 Å². The summed E-state index contributed by atoms with van der Waals surface area (Å²) in [6.07, 6.45) is 4.81. The normalized spacial score (nSPS) is 24.8. The van der Waals surface area contributed by atoms with Crippen LogP contribution >= 0.6 is 0 Å². The minimum Gasteiger partial charge on any atom is -0.508 e. The predicted octanol–water partition coefficient (Wildman–Crippen LogP) is 2.18. The maximum absolute atomic E-state index is 12.5. The molecule has 0 radical (unpaired) electrons. The molecule has 1 N–H and O–H groups in total. The fourth-order valence-electron chi connectivity index (χ4n) is 4.28. The van der Waals surface area contributed by atoms with Crippen LogP contribution in [0.2, 0.25) is 0 Å². The van der Waals surface area contributed by atoms with E-state index in [1.54, 1.807) is 12.1 Å². The molecule has 1 saturated carbocycles. The third-order valence-electron chi connectivity index (χ3n) is 6.07. The molecule has 5 heteroatoms. The Morgan fingerprint density at radius 1 is 1.12 bits per heavy atom. The van der Waals surface area contributed by atoms with E-state index in [0.717, 1.165) is 64.8 Å². The van der Waals surface area contributed by atoms with Gasteiger partial charge in [-0.15, -0.1) is 0 Å². The predicted molar refractivity (Wildman–Crippen MR) is 95.5 cm³/mol. The molecule has 5 nitrogen and oxygen atoms in total. The lowest BCUT2D eigenvalue weighted by Gasteiger charge is -2.50. The average Bonchev–Trinajstić information content (AvgIpc) is 3.39. The van der Waals surface area contributed by atoms with Gasteiger partial charge in [-0.1, -0.05) is 12.1 Å². The van der Waals surface area contributed by atoms with Gasteiger partial charge in [-0.05, 0) is 56.7 Å². The number of likely N-dealkylation sites (N-methyl/N-ethyl adjacent to an activating group) is 1. The number of ether oxygens (including phenoxy) is 1. The summed E-state index contributed by atoms with van der Waals surface area (Å²) in [6.45, 7) is 6.70. The van der Waals surface area contributed by atoms with Gasteiger partial charge in [0.1, 0.15) is 11.4 Å². The summed E-state index contributed by atoms with van der Waals surface area (Å²) in [6, 6.07) is 7.49. The number of aromatic hydroxyl groups is 1. The van der Waals surface area contributed by atoms with Crippen LogP contribution in [0.25, 0.3) is 0 Å². The third kappa shape index (κ3) is 3.27. The molecular weight excluding hydrogens is 316 g/mol. The van der Waals surface area contributed by atoms with Crippen molar-refractivity contribution < 1.29 is 14.6 Å². The second-order valence-electron chi connectivity index (χ2n) is 7.86. The second kappa shape index (κ2) is 6.29. The maximum Gasteiger partial charge on any atom is 0.254 e. The molecule has 0 unspecified atom stereocenters. The van der Waals surface area contributed by atoms with Crippen LogP contribution in [0, 0.1) is 0 Å². The minimum atomic E-state index is -0.470. The van der Waals surface area contributed by atoms with Crippen LogP contribution in [0.5, 0.6) is 5.75 Å². The van der Waals surface area contributed by atoms with Crippen molar-refractivity contribution in [1.29, 1.82) is 0 Å². The molecule has 2 saturated heterocycles. The second-order valence-corrected chi connectivity index (χ2v) is 7.86. The van der Waals surface area contributed by atoms with Gasteiger partial charge in [0.25, 0.3) is 5.91 Å². The standard InChI is InChI=1S/C20H28N2O3/c1-2-22-15-19(25-20(8-9-20)18(22)24)10-13-21(14-11-19)12-7-16-3-5-17(23)6-4-16/h3-6,23H,2,7-15H2,1H3. The lowest BCUT2D eigenvalue weighted by atomic mass is 9.87. The summed E-state index contributed by atoms with van der Waals surface area (Å²) >= 11 is 0. The first-order chi connectivity index (χ1) is 12.0. The van der Waals surface area contributed by atoms with Crippen molar-refractivity contribution in [2.24, 2.45) is 0 Å². The van der Waals surface area contributed by atoms with E-state index in [2.05, 4.69) is 11.8 Å². The molecule has 0 bridgehead atoms. The zero-order valence-electron chi connectivity index (χ0n) is 15.0. The highest BCUT2D eigenvalue weighted by atomic mass is 16.5. The van der Waals surface area contributed by atoms with Crippen molar-refractivity contribution in [2.75, 3.05) is 32.7 Å². The fraction of sp³-hybridized carbons (Fsp3) is 0.650. The summed E-state index contributed by atoms with van der Waals surface area (Å²) in [4.78, 5) is 17.0. The van der Waals surface area contributed by atoms with Crippen LogP contribution < -0.4 is 0 Å². The first kappa shape index (κ1) is 16.9. The number of carbonyl (C=O) groups is 1. The van der Waals surface area contributed by atoms with Crippen molar-refractivity contribution >= 4 is 5.91 Å². The molecule has 3 fully saturated rings. The lowest BCUT2D eigenvalue weighted by Crippen LogP contribution is -2.62. The molecule has 2 aliphatic heterocycles. The van der Waals surface area contributed by atoms with Gasteiger partial charge in [0.2, 0.25) is 0 Å². The van der Waals surface area contributed by atoms with E-state index in [-0.39, 0.29) is 11.5 Å². The Balaban J connectivity index is 1.33. The Kier molecular flexibility index (Phi) is 4.24. The van der Waals surface area contributed by atoms with Gasteiger partial charge in [0, 0.05) is 32.7 Å². The Labute approximate surface area is 149 Å². The molecule has 1 amide bonds. The van der Waals surface area contributed by atoms with Crippen LogP contribution in [-0.4, -0.2) is 64.7 Å². The van der Waals surface area contributed by atoms with Crippen LogP contribution in [-0.2, 0) is 16.0 Å². The lowest BCUT2D eigenvalue weighted by molar-refractivity contribution is -0.200. The largest absolute Gasteiger partial charge is 0.508 e. The minimum absolute atomic E-state index is 0.130. The number of hydrogen-bond donors (Lipinski definition) is 1. The smallest absolute Gasteiger partial charge is 0.254 e. The number of nitrogens with zero attached hydrogens (tertiary/aromatic N) is 2. The number of rotatable bonds is 4. The van der Waals surface area contributed by atoms with Crippen LogP contribution in [0.15, 0.2) is 24.3 Å². The number of piperidine rings is 1. The third-order valence-corrected chi connectivity index (χ3v) is 6.07. The Bertz CT molecular complexity index is 631. The topological polar surface area (TPSA) is 53.0 Å². The molecule has 0 aromatic heterocycles. The zero-order valence-corrected chi connectivity index (χ0v) is 15.0. The van der Waals surface area contributed by atoms with Gasteiger partial charge < -0.3 is 19.6 Å². The number of likely N-dealkylation sites (tertiary alicyclic amines) is 1. The van der Waals surface area contributed by atoms with E-state index in [1.807, 2.05) is 17.0 Å². The first-order valence-corrected chi connectivity index (χ1v) is 9.54. The van der Waals surface area contributed by atoms with E-state index in [1.165, 1.54) is 5.56 Å². The fourth-order valence-corrected chi connectivity index (χ4v) is 4.28. The summed E-state index contributed by atoms with van der Waals surface area (Å²) in [5.74, 6) is 0.539. The van der Waals surface area contributed by atoms with Crippen LogP contribution in [0.1, 0.15) is 38.2 Å². The molecule has 4 rings (SSSR count). The number of benzene rings is 1. The van der Waals surface area contributed by atoms with Crippen molar-refractivity contribution in [3.63, 3.8) is 0 Å². The molecule has 2 spiro atoms. The molecule has 0 atom stereocenters. The van der Waals surface area contributed by atoms with Gasteiger partial charge in [-0.3, -0.25) is 4.79 Å². The molecule has 25 heavy (non-hydrogen) atoms. The van der Waals surface area contributed by atoms with Gasteiger partial charge in [-0.25, -0.2) is 0 Å². The first-order valence-electron chi connectivity index (χ1n) is 9.54. The SMILES string of the molecule is CCN1CC2(CCN(CCc3ccc(O)cc3)CC2)OC2(CC2)C1=O. The van der Waals surface area contributed by atoms with Crippen LogP contribution in [0.4, 0.5) is 0 Å². The summed E-state index contributed by atoms with van der Waals surface area (Å²) in [5.41, 5.74) is 0.657. The quantitative estimate of drug-likeness (QED) is 0.910. The number of carbonyl (C=O) groups excluding carboxylic acids is 1. The van der Waals surface area contributed by atoms with Gasteiger partial charge >= 0.3 is 0 Å². The Morgan fingerprint density at radius 3 is 2.40 bits per heavy atom. The molecule has 1 aromatic rings. The number of hydrogen-bond acceptors (Lipinski definition) is 4. The summed E-state index contributed by atoms with van der Waals surface area (Å²) in [7, 11) is 0. The molecule has 1 aliphatic carbocycles. The molecule has 136 valence electrons. The van der Waals surface area contributed by atoms with Gasteiger partial charge in [0.05, 0.1) is 5.60 Å². The number of phenolic OH excluding ortho intramolecular Hbond substituents is 1. The van der Waals surface area contributed by atoms with Crippen molar-refractivity contribution in [2.45, 2.75) is 50.2 Å². The number of amides is 1. The van der Waals surface area contributed by atoms with E-state index < -0.39 is 5.60 Å². The Morgan fingerprint density at radius 2 is 1.80 bits per heavy atom. The van der Waals surface area contributed by atoms with Crippen molar-refractivity contribution in [3.05, 3.63) is 29.8 Å². The number of phenols is 1. The number of morpholine rings is 1. The van der Waals surface area contributed by atoms with Crippen LogP contribution in [0.3, 0.4) is 0 Å². The molecule has 3 aliphatic rings. The molecular formula is C20H28N2O3. The van der Waals surface area contributed by atoms with E-state index in [9.17, 15) is 9.90 Å². The Hall–Kier alpha value is -1.59. The van der Waals surface area contributed by atoms with E-state index in [4.69, 9.17) is 4.74 Å². The highest BCUT2D eigenvalue weighted by Crippen LogP contribution is 2.49. The summed E-state index contributed by atoms with van der Waals surface area (Å²) < 4.78 is 6.44.